The Bertz CT molecular complexity index is 1230. The second-order valence-electron chi connectivity index (χ2n) is 7.49. The van der Waals surface area contributed by atoms with Crippen LogP contribution in [0.25, 0.3) is 0 Å². The van der Waals surface area contributed by atoms with Crippen molar-refractivity contribution in [3.63, 3.8) is 0 Å². The third kappa shape index (κ3) is 4.95. The lowest BCUT2D eigenvalue weighted by Gasteiger charge is -2.09. The van der Waals surface area contributed by atoms with Gasteiger partial charge < -0.3 is 10.6 Å². The molecule has 0 fully saturated rings. The smallest absolute Gasteiger partial charge is 0.265 e. The number of nitrogens with one attached hydrogen (secondary N) is 2. The molecule has 32 heavy (non-hydrogen) atoms. The molecule has 0 atom stereocenters. The number of nitrogens with zero attached hydrogens (tertiary/aromatic N) is 2. The van der Waals surface area contributed by atoms with E-state index in [1.54, 1.807) is 30.3 Å². The van der Waals surface area contributed by atoms with Crippen LogP contribution in [0.4, 0.5) is 5.69 Å². The van der Waals surface area contributed by atoms with E-state index in [1.807, 2.05) is 48.2 Å². The molecule has 2 N–H and O–H groups in total. The molecule has 2 aromatic carbocycles. The number of aryl methyl sites for hydroxylation is 1. The Morgan fingerprint density at radius 1 is 0.969 bits per heavy atom. The van der Waals surface area contributed by atoms with Gasteiger partial charge in [-0.2, -0.15) is 5.10 Å². The molecule has 6 nitrogen and oxygen atoms in total. The van der Waals surface area contributed by atoms with Crippen LogP contribution in [-0.4, -0.2) is 21.6 Å². The van der Waals surface area contributed by atoms with Crippen LogP contribution < -0.4 is 10.6 Å². The first-order chi connectivity index (χ1) is 15.5. The number of carbonyl (C=O) groups excluding carboxylic acids is 2. The van der Waals surface area contributed by atoms with Crippen LogP contribution >= 0.6 is 11.3 Å². The molecule has 4 rings (SSSR count). The fourth-order valence-corrected chi connectivity index (χ4v) is 4.13. The quantitative estimate of drug-likeness (QED) is 0.430. The average molecular weight is 445 g/mol. The molecule has 0 bridgehead atoms. The van der Waals surface area contributed by atoms with Crippen LogP contribution in [0.2, 0.25) is 0 Å². The van der Waals surface area contributed by atoms with E-state index in [0.29, 0.717) is 29.2 Å². The summed E-state index contributed by atoms with van der Waals surface area (Å²) in [5, 5.41) is 12.3. The van der Waals surface area contributed by atoms with Gasteiger partial charge in [-0.1, -0.05) is 42.5 Å². The highest BCUT2D eigenvalue weighted by atomic mass is 32.1. The van der Waals surface area contributed by atoms with Gasteiger partial charge in [-0.25, -0.2) is 0 Å². The Morgan fingerprint density at radius 2 is 1.78 bits per heavy atom. The van der Waals surface area contributed by atoms with Crippen molar-refractivity contribution in [2.45, 2.75) is 26.9 Å². The molecule has 0 aliphatic carbocycles. The van der Waals surface area contributed by atoms with Crippen LogP contribution in [0.3, 0.4) is 0 Å². The summed E-state index contributed by atoms with van der Waals surface area (Å²) in [7, 11) is 0. The minimum absolute atomic E-state index is 0.186. The summed E-state index contributed by atoms with van der Waals surface area (Å²) in [6.07, 6.45) is 0. The second-order valence-corrected chi connectivity index (χ2v) is 8.44. The topological polar surface area (TPSA) is 76.0 Å². The van der Waals surface area contributed by atoms with E-state index in [4.69, 9.17) is 0 Å². The molecule has 2 heterocycles. The van der Waals surface area contributed by atoms with Gasteiger partial charge in [-0.05, 0) is 49.1 Å². The van der Waals surface area contributed by atoms with E-state index in [0.717, 1.165) is 17.0 Å². The van der Waals surface area contributed by atoms with Gasteiger partial charge in [0.2, 0.25) is 0 Å². The molecule has 4 aromatic rings. The predicted octanol–water partition coefficient (Wildman–Crippen LogP) is 4.79. The van der Waals surface area contributed by atoms with E-state index in [9.17, 15) is 9.59 Å². The van der Waals surface area contributed by atoms with Crippen LogP contribution in [0.1, 0.15) is 42.5 Å². The van der Waals surface area contributed by atoms with Crippen LogP contribution in [0.15, 0.2) is 72.1 Å². The molecule has 162 valence electrons. The number of hydrogen-bond acceptors (Lipinski definition) is 4. The van der Waals surface area contributed by atoms with Crippen molar-refractivity contribution in [1.29, 1.82) is 0 Å². The molecular weight excluding hydrogens is 420 g/mol. The number of hydrogen-bond donors (Lipinski definition) is 2. The molecule has 0 saturated heterocycles. The zero-order valence-corrected chi connectivity index (χ0v) is 18.8. The van der Waals surface area contributed by atoms with Gasteiger partial charge in [-0.15, -0.1) is 11.3 Å². The lowest BCUT2D eigenvalue weighted by molar-refractivity contribution is 0.0949. The van der Waals surface area contributed by atoms with Crippen molar-refractivity contribution in [3.05, 3.63) is 105 Å². The molecular formula is C25H24N4O2S. The molecule has 0 radical (unpaired) electrons. The van der Waals surface area contributed by atoms with Crippen LogP contribution in [0, 0.1) is 13.8 Å². The van der Waals surface area contributed by atoms with E-state index in [2.05, 4.69) is 27.9 Å². The number of rotatable bonds is 7. The lowest BCUT2D eigenvalue weighted by Crippen LogP contribution is -2.23. The van der Waals surface area contributed by atoms with E-state index >= 15 is 0 Å². The maximum atomic E-state index is 12.8. The first kappa shape index (κ1) is 21.5. The fraction of sp³-hybridized carbons (Fsp3) is 0.160. The molecule has 2 aromatic heterocycles. The fourth-order valence-electron chi connectivity index (χ4n) is 3.51. The largest absolute Gasteiger partial charge is 0.348 e. The second kappa shape index (κ2) is 9.62. The van der Waals surface area contributed by atoms with Crippen molar-refractivity contribution in [3.8, 4) is 0 Å². The maximum absolute atomic E-state index is 12.8. The minimum Gasteiger partial charge on any atom is -0.348 e. The van der Waals surface area contributed by atoms with Gasteiger partial charge >= 0.3 is 0 Å². The van der Waals surface area contributed by atoms with Crippen molar-refractivity contribution in [2.75, 3.05) is 5.32 Å². The Morgan fingerprint density at radius 3 is 2.53 bits per heavy atom. The van der Waals surface area contributed by atoms with Crippen molar-refractivity contribution < 1.29 is 9.59 Å². The number of thiophene rings is 1. The first-order valence-corrected chi connectivity index (χ1v) is 11.2. The third-order valence-corrected chi connectivity index (χ3v) is 6.13. The normalized spacial score (nSPS) is 10.7. The predicted molar refractivity (Wildman–Crippen MR) is 127 cm³/mol. The van der Waals surface area contributed by atoms with Crippen molar-refractivity contribution in [2.24, 2.45) is 0 Å². The Hall–Kier alpha value is -3.71. The number of aromatic nitrogens is 2. The minimum atomic E-state index is -0.202. The summed E-state index contributed by atoms with van der Waals surface area (Å²) < 4.78 is 1.97. The molecule has 2 amide bonds. The molecule has 0 spiro atoms. The zero-order chi connectivity index (χ0) is 22.5. The van der Waals surface area contributed by atoms with E-state index in [1.165, 1.54) is 16.9 Å². The molecule has 0 saturated carbocycles. The highest BCUT2D eigenvalue weighted by Crippen LogP contribution is 2.17. The molecule has 0 aliphatic rings. The highest BCUT2D eigenvalue weighted by Gasteiger charge is 2.14. The number of carbonyl (C=O) groups is 2. The monoisotopic (exact) mass is 444 g/mol. The van der Waals surface area contributed by atoms with Crippen molar-refractivity contribution in [1.82, 2.24) is 15.1 Å². The van der Waals surface area contributed by atoms with Crippen LogP contribution in [0.5, 0.6) is 0 Å². The van der Waals surface area contributed by atoms with Gasteiger partial charge in [0, 0.05) is 29.1 Å². The summed E-state index contributed by atoms with van der Waals surface area (Å²) in [6, 6.07) is 20.7. The third-order valence-electron chi connectivity index (χ3n) is 5.26. The highest BCUT2D eigenvalue weighted by molar-refractivity contribution is 7.12. The maximum Gasteiger partial charge on any atom is 0.265 e. The van der Waals surface area contributed by atoms with Gasteiger partial charge in [0.1, 0.15) is 0 Å². The average Bonchev–Trinajstić information content (AvgIpc) is 3.42. The van der Waals surface area contributed by atoms with Crippen LogP contribution in [-0.2, 0) is 13.1 Å². The first-order valence-electron chi connectivity index (χ1n) is 10.3. The lowest BCUT2D eigenvalue weighted by atomic mass is 10.1. The standard InChI is InChI=1S/C25H24N4O2S/c1-17-22(18(2)29(28-17)16-19-8-4-3-5-9-19)15-26-24(30)20-10-6-11-21(14-20)27-25(31)23-12-7-13-32-23/h3-14H,15-16H2,1-2H3,(H,26,30)(H,27,31). The van der Waals surface area contributed by atoms with Gasteiger partial charge in [0.25, 0.3) is 11.8 Å². The van der Waals surface area contributed by atoms with Gasteiger partial charge in [-0.3, -0.25) is 14.3 Å². The summed E-state index contributed by atoms with van der Waals surface area (Å²) in [5.41, 5.74) is 5.19. The van der Waals surface area contributed by atoms with Gasteiger partial charge in [0.05, 0.1) is 17.1 Å². The number of benzene rings is 2. The van der Waals surface area contributed by atoms with Crippen molar-refractivity contribution >= 4 is 28.8 Å². The Labute approximate surface area is 190 Å². The Kier molecular flexibility index (Phi) is 6.47. The number of anilines is 1. The zero-order valence-electron chi connectivity index (χ0n) is 18.0. The molecule has 0 aliphatic heterocycles. The SMILES string of the molecule is Cc1nn(Cc2ccccc2)c(C)c1CNC(=O)c1cccc(NC(=O)c2cccs2)c1. The Balaban J connectivity index is 1.41. The summed E-state index contributed by atoms with van der Waals surface area (Å²) in [5.74, 6) is -0.388. The van der Waals surface area contributed by atoms with E-state index < -0.39 is 0 Å². The number of amides is 2. The summed E-state index contributed by atoms with van der Waals surface area (Å²) in [4.78, 5) is 25.6. The summed E-state index contributed by atoms with van der Waals surface area (Å²) >= 11 is 1.37. The molecule has 0 unspecified atom stereocenters. The molecule has 7 heteroatoms. The van der Waals surface area contributed by atoms with Gasteiger partial charge in [0.15, 0.2) is 0 Å². The summed E-state index contributed by atoms with van der Waals surface area (Å²) in [6.45, 7) is 5.05. The van der Waals surface area contributed by atoms with E-state index in [-0.39, 0.29) is 11.8 Å².